The van der Waals surface area contributed by atoms with Crippen LogP contribution in [0.15, 0.2) is 79.1 Å². The standard InChI is InChI=1S/C24H21F4N3O3/c25-23(26,24(27,28)22(33)34)21(32)30-29-20-9-5-4-8-19(20)11-10-17-12-14-31(15-13-17)16-18-6-2-1-3-7-18/h1-9,12-15,29H,10-11,16H2,(H-,30,32,33,34)/p+1. The molecule has 1 aromatic heterocycles. The van der Waals surface area contributed by atoms with Gasteiger partial charge < -0.3 is 5.11 Å². The molecule has 0 bridgehead atoms. The lowest BCUT2D eigenvalue weighted by atomic mass is 10.0. The van der Waals surface area contributed by atoms with E-state index in [2.05, 4.69) is 5.43 Å². The average Bonchev–Trinajstić information content (AvgIpc) is 2.83. The van der Waals surface area contributed by atoms with Crippen LogP contribution in [0.1, 0.15) is 16.7 Å². The number of hydrogen-bond acceptors (Lipinski definition) is 3. The fourth-order valence-corrected chi connectivity index (χ4v) is 3.17. The third kappa shape index (κ3) is 5.69. The van der Waals surface area contributed by atoms with Gasteiger partial charge in [-0.3, -0.25) is 15.6 Å². The van der Waals surface area contributed by atoms with Gasteiger partial charge >= 0.3 is 23.7 Å². The molecule has 0 aliphatic heterocycles. The molecule has 0 radical (unpaired) electrons. The molecule has 2 aromatic carbocycles. The van der Waals surface area contributed by atoms with Crippen LogP contribution in [0, 0.1) is 0 Å². The molecule has 3 N–H and O–H groups in total. The number of nitrogens with zero attached hydrogens (tertiary/aromatic N) is 1. The summed E-state index contributed by atoms with van der Waals surface area (Å²) in [5.41, 5.74) is 6.71. The molecule has 0 unspecified atom stereocenters. The number of carbonyl (C=O) groups excluding carboxylic acids is 1. The van der Waals surface area contributed by atoms with Crippen molar-refractivity contribution in [3.05, 3.63) is 95.8 Å². The van der Waals surface area contributed by atoms with Crippen LogP contribution in [0.5, 0.6) is 0 Å². The van der Waals surface area contributed by atoms with Crippen LogP contribution in [0.2, 0.25) is 0 Å². The van der Waals surface area contributed by atoms with Gasteiger partial charge in [0.1, 0.15) is 0 Å². The van der Waals surface area contributed by atoms with Crippen molar-refractivity contribution in [3.8, 4) is 0 Å². The SMILES string of the molecule is O=C(O)C(F)(F)C(F)(F)C(=O)NNc1ccccc1CCc1cc[n+](Cc2ccccc2)cc1. The van der Waals surface area contributed by atoms with Crippen molar-refractivity contribution in [2.24, 2.45) is 0 Å². The molecule has 0 aliphatic carbocycles. The summed E-state index contributed by atoms with van der Waals surface area (Å²) in [6.07, 6.45) is 4.93. The van der Waals surface area contributed by atoms with Crippen molar-refractivity contribution in [3.63, 3.8) is 0 Å². The summed E-state index contributed by atoms with van der Waals surface area (Å²) >= 11 is 0. The number of carbonyl (C=O) groups is 2. The van der Waals surface area contributed by atoms with Gasteiger partial charge in [0.05, 0.1) is 5.69 Å². The molecule has 6 nitrogen and oxygen atoms in total. The molecule has 0 spiro atoms. The maximum Gasteiger partial charge on any atom is 0.413 e. The quantitative estimate of drug-likeness (QED) is 0.237. The molecule has 0 aliphatic rings. The summed E-state index contributed by atoms with van der Waals surface area (Å²) in [6.45, 7) is 0.721. The second-order valence-corrected chi connectivity index (χ2v) is 7.55. The number of carboxylic acid groups (broad SMARTS) is 1. The van der Waals surface area contributed by atoms with Crippen LogP contribution in [0.4, 0.5) is 23.2 Å². The van der Waals surface area contributed by atoms with Crippen LogP contribution in [-0.4, -0.2) is 28.8 Å². The summed E-state index contributed by atoms with van der Waals surface area (Å²) in [5, 5.41) is 8.29. The monoisotopic (exact) mass is 476 g/mol. The van der Waals surface area contributed by atoms with Crippen molar-refractivity contribution in [1.29, 1.82) is 0 Å². The Balaban J connectivity index is 1.60. The van der Waals surface area contributed by atoms with Crippen LogP contribution in [0.3, 0.4) is 0 Å². The summed E-state index contributed by atoms with van der Waals surface area (Å²) in [4.78, 5) is 22.0. The van der Waals surface area contributed by atoms with E-state index in [1.165, 1.54) is 11.5 Å². The Kier molecular flexibility index (Phi) is 7.50. The number of aliphatic carboxylic acids is 1. The molecule has 1 amide bonds. The minimum atomic E-state index is -5.55. The third-order valence-electron chi connectivity index (χ3n) is 5.13. The van der Waals surface area contributed by atoms with Gasteiger partial charge in [-0.25, -0.2) is 9.36 Å². The number of alkyl halides is 4. The minimum absolute atomic E-state index is 0.223. The number of aryl methyl sites for hydroxylation is 2. The van der Waals surface area contributed by atoms with E-state index in [4.69, 9.17) is 5.11 Å². The van der Waals surface area contributed by atoms with E-state index in [9.17, 15) is 27.2 Å². The predicted octanol–water partition coefficient (Wildman–Crippen LogP) is 3.61. The van der Waals surface area contributed by atoms with E-state index < -0.39 is 23.7 Å². The molecular weight excluding hydrogens is 454 g/mol. The van der Waals surface area contributed by atoms with Crippen molar-refractivity contribution in [1.82, 2.24) is 5.43 Å². The van der Waals surface area contributed by atoms with Gasteiger partial charge in [-0.1, -0.05) is 48.5 Å². The van der Waals surface area contributed by atoms with Crippen LogP contribution in [0.25, 0.3) is 0 Å². The highest BCUT2D eigenvalue weighted by Gasteiger charge is 2.67. The molecule has 1 heterocycles. The lowest BCUT2D eigenvalue weighted by Crippen LogP contribution is -2.57. The van der Waals surface area contributed by atoms with E-state index in [-0.39, 0.29) is 5.69 Å². The number of nitrogens with one attached hydrogen (secondary N) is 2. The van der Waals surface area contributed by atoms with Gasteiger partial charge in [0, 0.05) is 17.7 Å². The van der Waals surface area contributed by atoms with Gasteiger partial charge in [-0.15, -0.1) is 0 Å². The number of pyridine rings is 1. The van der Waals surface area contributed by atoms with Crippen molar-refractivity contribution < 1.29 is 36.8 Å². The summed E-state index contributed by atoms with van der Waals surface area (Å²) in [5.74, 6) is -16.6. The lowest BCUT2D eigenvalue weighted by Gasteiger charge is -2.22. The zero-order valence-corrected chi connectivity index (χ0v) is 17.8. The van der Waals surface area contributed by atoms with E-state index in [0.29, 0.717) is 18.4 Å². The summed E-state index contributed by atoms with van der Waals surface area (Å²) in [7, 11) is 0. The molecule has 0 atom stereocenters. The number of para-hydroxylation sites is 1. The highest BCUT2D eigenvalue weighted by Crippen LogP contribution is 2.34. The number of halogens is 4. The van der Waals surface area contributed by atoms with Gasteiger partial charge in [0.15, 0.2) is 18.9 Å². The van der Waals surface area contributed by atoms with Crippen LogP contribution >= 0.6 is 0 Å². The Labute approximate surface area is 192 Å². The molecule has 3 aromatic rings. The molecule has 178 valence electrons. The first-order valence-electron chi connectivity index (χ1n) is 10.3. The highest BCUT2D eigenvalue weighted by molar-refractivity contribution is 5.92. The zero-order valence-electron chi connectivity index (χ0n) is 17.8. The number of carboxylic acids is 1. The largest absolute Gasteiger partial charge is 0.477 e. The number of rotatable bonds is 10. The maximum atomic E-state index is 13.6. The van der Waals surface area contributed by atoms with Gasteiger partial charge in [-0.05, 0) is 30.0 Å². The van der Waals surface area contributed by atoms with Gasteiger partial charge in [-0.2, -0.15) is 17.6 Å². The molecule has 34 heavy (non-hydrogen) atoms. The average molecular weight is 476 g/mol. The minimum Gasteiger partial charge on any atom is -0.477 e. The smallest absolute Gasteiger partial charge is 0.413 e. The fraction of sp³-hybridized carbons (Fsp3) is 0.208. The van der Waals surface area contributed by atoms with Crippen molar-refractivity contribution >= 4 is 17.6 Å². The molecule has 0 saturated heterocycles. The normalized spacial score (nSPS) is 11.6. The predicted molar refractivity (Wildman–Crippen MR) is 115 cm³/mol. The number of benzene rings is 2. The van der Waals surface area contributed by atoms with E-state index in [1.54, 1.807) is 18.2 Å². The van der Waals surface area contributed by atoms with Crippen LogP contribution < -0.4 is 15.4 Å². The molecule has 10 heteroatoms. The summed E-state index contributed by atoms with van der Waals surface area (Å²) in [6, 6.07) is 20.3. The second kappa shape index (κ2) is 10.3. The molecule has 0 fully saturated rings. The number of amides is 1. The number of hydrogen-bond donors (Lipinski definition) is 3. The Morgan fingerprint density at radius 1 is 0.794 bits per heavy atom. The topological polar surface area (TPSA) is 82.3 Å². The number of hydrazine groups is 1. The molecule has 3 rings (SSSR count). The van der Waals surface area contributed by atoms with Gasteiger partial charge in [0.25, 0.3) is 0 Å². The third-order valence-corrected chi connectivity index (χ3v) is 5.13. The fourth-order valence-electron chi connectivity index (χ4n) is 3.17. The second-order valence-electron chi connectivity index (χ2n) is 7.55. The number of aromatic nitrogens is 1. The van der Waals surface area contributed by atoms with E-state index >= 15 is 0 Å². The first-order valence-corrected chi connectivity index (χ1v) is 10.3. The summed E-state index contributed by atoms with van der Waals surface area (Å²) < 4.78 is 55.6. The molecular formula is C24H22F4N3O3+. The van der Waals surface area contributed by atoms with E-state index in [1.807, 2.05) is 59.4 Å². The molecule has 0 saturated carbocycles. The first-order chi connectivity index (χ1) is 16.1. The lowest BCUT2D eigenvalue weighted by molar-refractivity contribution is -0.688. The van der Waals surface area contributed by atoms with E-state index in [0.717, 1.165) is 17.7 Å². The Morgan fingerprint density at radius 3 is 2.06 bits per heavy atom. The van der Waals surface area contributed by atoms with Gasteiger partial charge in [0.2, 0.25) is 0 Å². The highest BCUT2D eigenvalue weighted by atomic mass is 19.3. The maximum absolute atomic E-state index is 13.6. The first kappa shape index (κ1) is 24.7. The Bertz CT molecular complexity index is 1140. The zero-order chi connectivity index (χ0) is 24.8. The van der Waals surface area contributed by atoms with Crippen LogP contribution in [-0.2, 0) is 29.0 Å². The van der Waals surface area contributed by atoms with Crippen molar-refractivity contribution in [2.75, 3.05) is 5.43 Å². The Hall–Kier alpha value is -3.95. The van der Waals surface area contributed by atoms with Crippen molar-refractivity contribution in [2.45, 2.75) is 31.2 Å². The Morgan fingerprint density at radius 2 is 1.41 bits per heavy atom. The number of anilines is 1.